The van der Waals surface area contributed by atoms with Gasteiger partial charge in [-0.1, -0.05) is 53.4 Å². The van der Waals surface area contributed by atoms with E-state index in [1.807, 2.05) is 30.3 Å². The standard InChI is InChI=1S/C21H19N5O3S2/c1-14(27)22-16-8-10-17(11-9-16)23-19(29)13-30-21-26-25-20(31-21)24-18(28)12-7-15-5-3-2-4-6-15/h2-12H,13H2,1H3,(H,22,27)(H,23,29)(H,24,25,28). The second-order valence-electron chi connectivity index (χ2n) is 6.20. The molecule has 3 amide bonds. The smallest absolute Gasteiger partial charge is 0.250 e. The summed E-state index contributed by atoms with van der Waals surface area (Å²) in [5.74, 6) is -0.530. The number of rotatable bonds is 8. The first-order valence-corrected chi connectivity index (χ1v) is 11.0. The number of hydrogen-bond donors (Lipinski definition) is 3. The van der Waals surface area contributed by atoms with Gasteiger partial charge in [-0.05, 0) is 35.9 Å². The van der Waals surface area contributed by atoms with Gasteiger partial charge in [0.15, 0.2) is 4.34 Å². The minimum absolute atomic E-state index is 0.143. The van der Waals surface area contributed by atoms with Crippen LogP contribution in [0.4, 0.5) is 16.5 Å². The zero-order chi connectivity index (χ0) is 22.1. The molecule has 0 radical (unpaired) electrons. The summed E-state index contributed by atoms with van der Waals surface area (Å²) in [6.45, 7) is 1.43. The maximum atomic E-state index is 12.1. The number of hydrogen-bond acceptors (Lipinski definition) is 7. The van der Waals surface area contributed by atoms with Crippen LogP contribution in [-0.2, 0) is 14.4 Å². The monoisotopic (exact) mass is 453 g/mol. The van der Waals surface area contributed by atoms with Crippen LogP contribution in [0.5, 0.6) is 0 Å². The van der Waals surface area contributed by atoms with Crippen LogP contribution in [0.3, 0.4) is 0 Å². The summed E-state index contributed by atoms with van der Waals surface area (Å²) < 4.78 is 0.568. The lowest BCUT2D eigenvalue weighted by atomic mass is 10.2. The van der Waals surface area contributed by atoms with Crippen LogP contribution in [-0.4, -0.2) is 33.7 Å². The molecule has 2 aromatic carbocycles. The van der Waals surface area contributed by atoms with Crippen molar-refractivity contribution in [3.05, 3.63) is 66.2 Å². The molecule has 0 aliphatic heterocycles. The highest BCUT2D eigenvalue weighted by Gasteiger charge is 2.10. The van der Waals surface area contributed by atoms with Gasteiger partial charge in [0, 0.05) is 24.4 Å². The van der Waals surface area contributed by atoms with E-state index >= 15 is 0 Å². The average Bonchev–Trinajstić information content (AvgIpc) is 3.20. The number of amides is 3. The molecule has 0 bridgehead atoms. The minimum Gasteiger partial charge on any atom is -0.326 e. The topological polar surface area (TPSA) is 113 Å². The van der Waals surface area contributed by atoms with E-state index in [4.69, 9.17) is 0 Å². The second-order valence-corrected chi connectivity index (χ2v) is 8.40. The lowest BCUT2D eigenvalue weighted by Gasteiger charge is -2.06. The van der Waals surface area contributed by atoms with Crippen LogP contribution in [0.15, 0.2) is 65.0 Å². The predicted molar refractivity (Wildman–Crippen MR) is 124 cm³/mol. The van der Waals surface area contributed by atoms with Crippen molar-refractivity contribution in [2.24, 2.45) is 0 Å². The van der Waals surface area contributed by atoms with Gasteiger partial charge in [0.05, 0.1) is 5.75 Å². The Kier molecular flexibility index (Phi) is 7.91. The van der Waals surface area contributed by atoms with Gasteiger partial charge >= 0.3 is 0 Å². The number of carbonyl (C=O) groups is 3. The summed E-state index contributed by atoms with van der Waals surface area (Å²) >= 11 is 2.42. The third kappa shape index (κ3) is 7.68. The van der Waals surface area contributed by atoms with Gasteiger partial charge in [-0.3, -0.25) is 19.7 Å². The number of carbonyl (C=O) groups excluding carboxylic acids is 3. The third-order valence-corrected chi connectivity index (χ3v) is 5.65. The van der Waals surface area contributed by atoms with E-state index in [0.717, 1.165) is 5.56 Å². The highest BCUT2D eigenvalue weighted by molar-refractivity contribution is 8.01. The van der Waals surface area contributed by atoms with Gasteiger partial charge in [-0.15, -0.1) is 10.2 Å². The minimum atomic E-state index is -0.308. The van der Waals surface area contributed by atoms with Crippen molar-refractivity contribution in [2.45, 2.75) is 11.3 Å². The van der Waals surface area contributed by atoms with E-state index < -0.39 is 0 Å². The molecule has 1 heterocycles. The number of nitrogens with one attached hydrogen (secondary N) is 3. The van der Waals surface area contributed by atoms with Crippen LogP contribution in [0, 0.1) is 0 Å². The molecule has 3 aromatic rings. The van der Waals surface area contributed by atoms with Crippen LogP contribution in [0.2, 0.25) is 0 Å². The highest BCUT2D eigenvalue weighted by atomic mass is 32.2. The molecule has 10 heteroatoms. The molecule has 0 aliphatic carbocycles. The molecule has 0 unspecified atom stereocenters. The fourth-order valence-electron chi connectivity index (χ4n) is 2.37. The van der Waals surface area contributed by atoms with Crippen molar-refractivity contribution >= 4 is 63.4 Å². The van der Waals surface area contributed by atoms with Gasteiger partial charge in [0.1, 0.15) is 0 Å². The molecule has 3 rings (SSSR count). The molecule has 0 spiro atoms. The van der Waals surface area contributed by atoms with Crippen molar-refractivity contribution in [1.82, 2.24) is 10.2 Å². The van der Waals surface area contributed by atoms with E-state index in [0.29, 0.717) is 20.8 Å². The van der Waals surface area contributed by atoms with Crippen LogP contribution in [0.25, 0.3) is 6.08 Å². The summed E-state index contributed by atoms with van der Waals surface area (Å²) in [7, 11) is 0. The van der Waals surface area contributed by atoms with Gasteiger partial charge in [0.25, 0.3) is 0 Å². The van der Waals surface area contributed by atoms with Gasteiger partial charge in [0.2, 0.25) is 22.9 Å². The first kappa shape index (κ1) is 22.2. The van der Waals surface area contributed by atoms with Crippen LogP contribution in [0.1, 0.15) is 12.5 Å². The van der Waals surface area contributed by atoms with E-state index in [9.17, 15) is 14.4 Å². The predicted octanol–water partition coefficient (Wildman–Crippen LogP) is 3.88. The van der Waals surface area contributed by atoms with Gasteiger partial charge in [-0.2, -0.15) is 0 Å². The maximum Gasteiger partial charge on any atom is 0.250 e. The first-order valence-electron chi connectivity index (χ1n) is 9.16. The van der Waals surface area contributed by atoms with Crippen LogP contribution < -0.4 is 16.0 Å². The van der Waals surface area contributed by atoms with Crippen molar-refractivity contribution in [3.63, 3.8) is 0 Å². The quantitative estimate of drug-likeness (QED) is 0.271. The Labute approximate surface area is 187 Å². The van der Waals surface area contributed by atoms with Crippen molar-refractivity contribution < 1.29 is 14.4 Å². The van der Waals surface area contributed by atoms with Crippen LogP contribution >= 0.6 is 23.1 Å². The normalized spacial score (nSPS) is 10.6. The molecule has 0 saturated heterocycles. The van der Waals surface area contributed by atoms with Gasteiger partial charge < -0.3 is 10.6 Å². The molecule has 0 aliphatic rings. The Hall–Kier alpha value is -3.50. The molecule has 31 heavy (non-hydrogen) atoms. The van der Waals surface area contributed by atoms with Crippen molar-refractivity contribution in [3.8, 4) is 0 Å². The molecular weight excluding hydrogens is 434 g/mol. The Morgan fingerprint density at radius 2 is 1.61 bits per heavy atom. The SMILES string of the molecule is CC(=O)Nc1ccc(NC(=O)CSc2nnc(NC(=O)C=Cc3ccccc3)s2)cc1. The van der Waals surface area contributed by atoms with E-state index in [1.165, 1.54) is 36.1 Å². The number of anilines is 3. The second kappa shape index (κ2) is 11.0. The average molecular weight is 454 g/mol. The fourth-order valence-corrected chi connectivity index (χ4v) is 3.92. The molecule has 1 aromatic heterocycles. The molecule has 8 nitrogen and oxygen atoms in total. The Balaban J connectivity index is 1.44. The molecular formula is C21H19N5O3S2. The Morgan fingerprint density at radius 3 is 2.29 bits per heavy atom. The molecule has 158 valence electrons. The lowest BCUT2D eigenvalue weighted by molar-refractivity contribution is -0.114. The number of aromatic nitrogens is 2. The summed E-state index contributed by atoms with van der Waals surface area (Å²) in [4.78, 5) is 35.2. The first-order chi connectivity index (χ1) is 15.0. The van der Waals surface area contributed by atoms with E-state index in [1.54, 1.807) is 30.3 Å². The highest BCUT2D eigenvalue weighted by Crippen LogP contribution is 2.25. The Bertz CT molecular complexity index is 1080. The summed E-state index contributed by atoms with van der Waals surface area (Å²) in [5, 5.41) is 16.3. The number of nitrogens with zero attached hydrogens (tertiary/aromatic N) is 2. The number of benzene rings is 2. The fraction of sp³-hybridized carbons (Fsp3) is 0.0952. The molecule has 0 saturated carbocycles. The third-order valence-electron chi connectivity index (χ3n) is 3.68. The molecule has 0 fully saturated rings. The van der Waals surface area contributed by atoms with Crippen molar-refractivity contribution in [1.29, 1.82) is 0 Å². The zero-order valence-electron chi connectivity index (χ0n) is 16.5. The zero-order valence-corrected chi connectivity index (χ0v) is 18.1. The summed E-state index contributed by atoms with van der Waals surface area (Å²) in [6, 6.07) is 16.3. The van der Waals surface area contributed by atoms with E-state index in [-0.39, 0.29) is 23.5 Å². The van der Waals surface area contributed by atoms with Crippen molar-refractivity contribution in [2.75, 3.05) is 21.7 Å². The summed E-state index contributed by atoms with van der Waals surface area (Å²) in [6.07, 6.45) is 3.13. The largest absolute Gasteiger partial charge is 0.326 e. The van der Waals surface area contributed by atoms with E-state index in [2.05, 4.69) is 26.1 Å². The molecule has 3 N–H and O–H groups in total. The number of thioether (sulfide) groups is 1. The summed E-state index contributed by atoms with van der Waals surface area (Å²) in [5.41, 5.74) is 2.19. The maximum absolute atomic E-state index is 12.1. The molecule has 0 atom stereocenters. The van der Waals surface area contributed by atoms with Gasteiger partial charge in [-0.25, -0.2) is 0 Å². The lowest BCUT2D eigenvalue weighted by Crippen LogP contribution is -2.14. The Morgan fingerprint density at radius 1 is 0.935 bits per heavy atom.